The summed E-state index contributed by atoms with van der Waals surface area (Å²) in [6.07, 6.45) is 7.15. The minimum atomic E-state index is -0.193. The van der Waals surface area contributed by atoms with Gasteiger partial charge in [-0.3, -0.25) is 4.68 Å². The van der Waals surface area contributed by atoms with Crippen LogP contribution in [0.25, 0.3) is 0 Å². The Bertz CT molecular complexity index is 519. The number of hydrogen-bond donors (Lipinski definition) is 1. The van der Waals surface area contributed by atoms with E-state index in [1.165, 1.54) is 12.1 Å². The van der Waals surface area contributed by atoms with Crippen LogP contribution in [0.15, 0.2) is 36.7 Å². The van der Waals surface area contributed by atoms with E-state index in [-0.39, 0.29) is 11.9 Å². The van der Waals surface area contributed by atoms with Gasteiger partial charge < -0.3 is 5.32 Å². The van der Waals surface area contributed by atoms with Gasteiger partial charge in [0, 0.05) is 12.7 Å². The highest BCUT2D eigenvalue weighted by atomic mass is 19.1. The van der Waals surface area contributed by atoms with Crippen LogP contribution in [0, 0.1) is 5.82 Å². The van der Waals surface area contributed by atoms with Gasteiger partial charge in [0.15, 0.2) is 0 Å². The van der Waals surface area contributed by atoms with E-state index >= 15 is 0 Å². The number of unbranched alkanes of at least 4 members (excludes halogenated alkanes) is 1. The number of benzene rings is 1. The van der Waals surface area contributed by atoms with Crippen molar-refractivity contribution in [1.82, 2.24) is 9.78 Å². The van der Waals surface area contributed by atoms with Crippen molar-refractivity contribution < 1.29 is 4.39 Å². The lowest BCUT2D eigenvalue weighted by molar-refractivity contribution is 0.616. The molecule has 0 saturated carbocycles. The second-order valence-electron chi connectivity index (χ2n) is 4.98. The summed E-state index contributed by atoms with van der Waals surface area (Å²) in [7, 11) is 0. The molecule has 1 aromatic heterocycles. The maximum absolute atomic E-state index is 13.0. The number of aryl methyl sites for hydroxylation is 1. The summed E-state index contributed by atoms with van der Waals surface area (Å²) in [4.78, 5) is 0. The number of nitrogens with one attached hydrogen (secondary N) is 1. The molecule has 1 heterocycles. The summed E-state index contributed by atoms with van der Waals surface area (Å²) in [5.74, 6) is -0.193. The molecule has 0 aliphatic rings. The third kappa shape index (κ3) is 3.83. The van der Waals surface area contributed by atoms with Gasteiger partial charge in [-0.15, -0.1) is 0 Å². The Labute approximate surface area is 119 Å². The zero-order valence-corrected chi connectivity index (χ0v) is 12.1. The van der Waals surface area contributed by atoms with Crippen LogP contribution in [0.3, 0.4) is 0 Å². The van der Waals surface area contributed by atoms with Crippen molar-refractivity contribution in [3.05, 3.63) is 48.0 Å². The molecule has 0 aliphatic carbocycles. The summed E-state index contributed by atoms with van der Waals surface area (Å²) in [5, 5.41) is 7.77. The van der Waals surface area contributed by atoms with Crippen LogP contribution in [0.4, 0.5) is 10.1 Å². The number of halogens is 1. The van der Waals surface area contributed by atoms with Gasteiger partial charge in [-0.2, -0.15) is 5.10 Å². The predicted molar refractivity (Wildman–Crippen MR) is 80.2 cm³/mol. The van der Waals surface area contributed by atoms with Gasteiger partial charge in [0.25, 0.3) is 0 Å². The summed E-state index contributed by atoms with van der Waals surface area (Å²) in [6, 6.07) is 6.95. The summed E-state index contributed by atoms with van der Waals surface area (Å²) in [5.41, 5.74) is 2.13. The van der Waals surface area contributed by atoms with E-state index in [0.717, 1.165) is 37.1 Å². The summed E-state index contributed by atoms with van der Waals surface area (Å²) in [6.45, 7) is 5.10. The first-order valence-corrected chi connectivity index (χ1v) is 7.27. The molecule has 0 aliphatic heterocycles. The molecule has 4 heteroatoms. The molecule has 0 spiro atoms. The monoisotopic (exact) mass is 275 g/mol. The SMILES string of the molecule is CCCCC(Nc1cnn(CC)c1)c1ccc(F)cc1. The molecule has 1 N–H and O–H groups in total. The van der Waals surface area contributed by atoms with Crippen LogP contribution in [0.2, 0.25) is 0 Å². The summed E-state index contributed by atoms with van der Waals surface area (Å²) < 4.78 is 14.9. The van der Waals surface area contributed by atoms with E-state index in [9.17, 15) is 4.39 Å². The van der Waals surface area contributed by atoms with Gasteiger partial charge in [-0.1, -0.05) is 31.9 Å². The molecule has 0 saturated heterocycles. The Morgan fingerprint density at radius 1 is 1.25 bits per heavy atom. The van der Waals surface area contributed by atoms with Crippen LogP contribution in [0.1, 0.15) is 44.7 Å². The van der Waals surface area contributed by atoms with Crippen molar-refractivity contribution in [2.45, 2.75) is 45.7 Å². The van der Waals surface area contributed by atoms with Crippen LogP contribution in [-0.2, 0) is 6.54 Å². The molecular weight excluding hydrogens is 253 g/mol. The number of aromatic nitrogens is 2. The standard InChI is InChI=1S/C16H22FN3/c1-3-5-6-16(13-7-9-14(17)10-8-13)19-15-11-18-20(4-2)12-15/h7-12,16,19H,3-6H2,1-2H3. The average Bonchev–Trinajstić information content (AvgIpc) is 2.92. The predicted octanol–water partition coefficient (Wildman–Crippen LogP) is 4.39. The van der Waals surface area contributed by atoms with Crippen molar-refractivity contribution in [2.24, 2.45) is 0 Å². The van der Waals surface area contributed by atoms with Gasteiger partial charge in [-0.05, 0) is 31.0 Å². The second kappa shape index (κ2) is 7.08. The lowest BCUT2D eigenvalue weighted by Gasteiger charge is -2.19. The molecule has 0 radical (unpaired) electrons. The van der Waals surface area contributed by atoms with E-state index < -0.39 is 0 Å². The fourth-order valence-electron chi connectivity index (χ4n) is 2.24. The molecule has 1 aromatic carbocycles. The van der Waals surface area contributed by atoms with Crippen molar-refractivity contribution in [2.75, 3.05) is 5.32 Å². The van der Waals surface area contributed by atoms with Gasteiger partial charge >= 0.3 is 0 Å². The zero-order valence-electron chi connectivity index (χ0n) is 12.1. The van der Waals surface area contributed by atoms with Crippen LogP contribution < -0.4 is 5.32 Å². The minimum Gasteiger partial charge on any atom is -0.376 e. The molecule has 0 amide bonds. The topological polar surface area (TPSA) is 29.9 Å². The van der Waals surface area contributed by atoms with Crippen molar-refractivity contribution in [1.29, 1.82) is 0 Å². The summed E-state index contributed by atoms with van der Waals surface area (Å²) >= 11 is 0. The van der Waals surface area contributed by atoms with Crippen LogP contribution in [0.5, 0.6) is 0 Å². The van der Waals surface area contributed by atoms with E-state index in [2.05, 4.69) is 24.3 Å². The largest absolute Gasteiger partial charge is 0.376 e. The maximum Gasteiger partial charge on any atom is 0.123 e. The first kappa shape index (κ1) is 14.6. The molecule has 2 aromatic rings. The average molecular weight is 275 g/mol. The fourth-order valence-corrected chi connectivity index (χ4v) is 2.24. The number of hydrogen-bond acceptors (Lipinski definition) is 2. The molecule has 0 fully saturated rings. The van der Waals surface area contributed by atoms with Crippen molar-refractivity contribution >= 4 is 5.69 Å². The molecule has 0 bridgehead atoms. The van der Waals surface area contributed by atoms with Crippen molar-refractivity contribution in [3.8, 4) is 0 Å². The normalized spacial score (nSPS) is 12.3. The number of anilines is 1. The van der Waals surface area contributed by atoms with E-state index in [1.54, 1.807) is 0 Å². The second-order valence-corrected chi connectivity index (χ2v) is 4.98. The zero-order chi connectivity index (χ0) is 14.4. The van der Waals surface area contributed by atoms with Gasteiger partial charge in [-0.25, -0.2) is 4.39 Å². The molecular formula is C16H22FN3. The Balaban J connectivity index is 2.12. The third-order valence-corrected chi connectivity index (χ3v) is 3.42. The molecule has 20 heavy (non-hydrogen) atoms. The lowest BCUT2D eigenvalue weighted by Crippen LogP contribution is -2.10. The van der Waals surface area contributed by atoms with Gasteiger partial charge in [0.2, 0.25) is 0 Å². The molecule has 3 nitrogen and oxygen atoms in total. The quantitative estimate of drug-likeness (QED) is 0.812. The highest BCUT2D eigenvalue weighted by molar-refractivity contribution is 5.41. The van der Waals surface area contributed by atoms with E-state index in [4.69, 9.17) is 0 Å². The minimum absolute atomic E-state index is 0.193. The fraction of sp³-hybridized carbons (Fsp3) is 0.438. The van der Waals surface area contributed by atoms with Crippen molar-refractivity contribution in [3.63, 3.8) is 0 Å². The van der Waals surface area contributed by atoms with Gasteiger partial charge in [0.05, 0.1) is 17.9 Å². The highest BCUT2D eigenvalue weighted by Gasteiger charge is 2.12. The van der Waals surface area contributed by atoms with E-state index in [0.29, 0.717) is 0 Å². The first-order chi connectivity index (χ1) is 9.72. The smallest absolute Gasteiger partial charge is 0.123 e. The first-order valence-electron chi connectivity index (χ1n) is 7.27. The maximum atomic E-state index is 13.0. The Morgan fingerprint density at radius 3 is 2.60 bits per heavy atom. The van der Waals surface area contributed by atoms with Gasteiger partial charge in [0.1, 0.15) is 5.82 Å². The van der Waals surface area contributed by atoms with E-state index in [1.807, 2.05) is 29.2 Å². The molecule has 1 unspecified atom stereocenters. The Morgan fingerprint density at radius 2 is 2.00 bits per heavy atom. The lowest BCUT2D eigenvalue weighted by atomic mass is 10.0. The van der Waals surface area contributed by atoms with Crippen LogP contribution >= 0.6 is 0 Å². The molecule has 1 atom stereocenters. The molecule has 2 rings (SSSR count). The third-order valence-electron chi connectivity index (χ3n) is 3.42. The highest BCUT2D eigenvalue weighted by Crippen LogP contribution is 2.24. The Kier molecular flexibility index (Phi) is 5.16. The number of rotatable bonds is 7. The molecule has 108 valence electrons. The van der Waals surface area contributed by atoms with Crippen LogP contribution in [-0.4, -0.2) is 9.78 Å². The number of nitrogens with zero attached hydrogens (tertiary/aromatic N) is 2. The Hall–Kier alpha value is -1.84.